The molecule has 18 heavy (non-hydrogen) atoms. The minimum absolute atomic E-state index is 0.228. The average Bonchev–Trinajstić information content (AvgIpc) is 2.80. The summed E-state index contributed by atoms with van der Waals surface area (Å²) < 4.78 is 1.13. The number of rotatable bonds is 2. The molecule has 0 bridgehead atoms. The van der Waals surface area contributed by atoms with Crippen molar-refractivity contribution in [2.45, 2.75) is 33.1 Å². The molecule has 1 aromatic rings. The monoisotopic (exact) mass is 307 g/mol. The van der Waals surface area contributed by atoms with Gasteiger partial charge in [0, 0.05) is 16.1 Å². The van der Waals surface area contributed by atoms with Gasteiger partial charge in [-0.15, -0.1) is 0 Å². The minimum atomic E-state index is 0.228. The normalized spacial score (nSPS) is 28.9. The number of anilines is 1. The van der Waals surface area contributed by atoms with E-state index in [1.807, 2.05) is 12.1 Å². The van der Waals surface area contributed by atoms with E-state index < -0.39 is 0 Å². The zero-order chi connectivity index (χ0) is 12.9. The summed E-state index contributed by atoms with van der Waals surface area (Å²) in [6.45, 7) is 4.11. The van der Waals surface area contributed by atoms with E-state index in [1.54, 1.807) is 0 Å². The Hall–Kier alpha value is -0.830. The van der Waals surface area contributed by atoms with Crippen molar-refractivity contribution in [2.24, 2.45) is 17.8 Å². The van der Waals surface area contributed by atoms with E-state index in [4.69, 9.17) is 0 Å². The van der Waals surface area contributed by atoms with Crippen molar-refractivity contribution in [3.8, 4) is 0 Å². The van der Waals surface area contributed by atoms with Crippen LogP contribution in [-0.2, 0) is 4.79 Å². The van der Waals surface area contributed by atoms with Crippen molar-refractivity contribution < 1.29 is 4.79 Å². The van der Waals surface area contributed by atoms with Crippen LogP contribution in [0.4, 0.5) is 5.69 Å². The van der Waals surface area contributed by atoms with E-state index in [0.29, 0.717) is 17.8 Å². The molecule has 0 aromatic heterocycles. The first kappa shape index (κ1) is 12.2. The summed E-state index contributed by atoms with van der Waals surface area (Å²) in [5.74, 6) is 1.89. The van der Waals surface area contributed by atoms with Crippen LogP contribution in [0.2, 0.25) is 0 Å². The molecular formula is C15H18BrNO. The lowest BCUT2D eigenvalue weighted by Gasteiger charge is -2.10. The molecular weight excluding hydrogens is 290 g/mol. The Balaban J connectivity index is 1.71. The Labute approximate surface area is 116 Å². The lowest BCUT2D eigenvalue weighted by atomic mass is 10.1. The molecule has 0 spiro atoms. The summed E-state index contributed by atoms with van der Waals surface area (Å²) in [6.07, 6.45) is 3.82. The van der Waals surface area contributed by atoms with E-state index in [1.165, 1.54) is 30.4 Å². The molecule has 0 heterocycles. The fourth-order valence-electron chi connectivity index (χ4n) is 3.45. The first-order valence-corrected chi connectivity index (χ1v) is 7.45. The van der Waals surface area contributed by atoms with Crippen LogP contribution in [0.5, 0.6) is 0 Å². The fraction of sp³-hybridized carbons (Fsp3) is 0.533. The second-order valence-corrected chi connectivity index (χ2v) is 6.49. The van der Waals surface area contributed by atoms with Crippen molar-refractivity contribution in [2.75, 3.05) is 5.32 Å². The topological polar surface area (TPSA) is 29.1 Å². The second-order valence-electron chi connectivity index (χ2n) is 5.70. The van der Waals surface area contributed by atoms with Gasteiger partial charge in [0.2, 0.25) is 5.91 Å². The number of halogens is 1. The molecule has 0 radical (unpaired) electrons. The Kier molecular flexibility index (Phi) is 2.97. The zero-order valence-corrected chi connectivity index (χ0v) is 12.4. The molecule has 2 saturated carbocycles. The van der Waals surface area contributed by atoms with Crippen molar-refractivity contribution in [3.63, 3.8) is 0 Å². The molecule has 96 valence electrons. The van der Waals surface area contributed by atoms with Crippen LogP contribution >= 0.6 is 15.9 Å². The quantitative estimate of drug-likeness (QED) is 0.877. The van der Waals surface area contributed by atoms with Gasteiger partial charge in [-0.2, -0.15) is 0 Å². The molecule has 2 fully saturated rings. The van der Waals surface area contributed by atoms with Gasteiger partial charge >= 0.3 is 0 Å². The number of hydrogen-bond donors (Lipinski definition) is 1. The summed E-state index contributed by atoms with van der Waals surface area (Å²) in [4.78, 5) is 12.2. The molecule has 1 amide bonds. The first-order valence-electron chi connectivity index (χ1n) is 6.65. The predicted molar refractivity (Wildman–Crippen MR) is 76.6 cm³/mol. The highest BCUT2D eigenvalue weighted by Gasteiger charge is 2.56. The van der Waals surface area contributed by atoms with Gasteiger partial charge in [0.25, 0.3) is 0 Å². The van der Waals surface area contributed by atoms with Crippen LogP contribution < -0.4 is 5.32 Å². The zero-order valence-electron chi connectivity index (χ0n) is 10.8. The first-order chi connectivity index (χ1) is 8.58. The number of benzene rings is 1. The highest BCUT2D eigenvalue weighted by atomic mass is 79.9. The number of amides is 1. The van der Waals surface area contributed by atoms with E-state index in [9.17, 15) is 4.79 Å². The van der Waals surface area contributed by atoms with Crippen molar-refractivity contribution >= 4 is 27.5 Å². The SMILES string of the molecule is Cc1cc(NC(=O)C2C3CCCC32)cc(C)c1Br. The number of nitrogens with one attached hydrogen (secondary N) is 1. The molecule has 3 rings (SSSR count). The number of fused-ring (bicyclic) bond motifs is 1. The number of hydrogen-bond acceptors (Lipinski definition) is 1. The molecule has 2 atom stereocenters. The molecule has 2 unspecified atom stereocenters. The highest BCUT2D eigenvalue weighted by Crippen LogP contribution is 2.57. The lowest BCUT2D eigenvalue weighted by molar-refractivity contribution is -0.118. The third-order valence-electron chi connectivity index (χ3n) is 4.41. The molecule has 2 aliphatic carbocycles. The minimum Gasteiger partial charge on any atom is -0.326 e. The summed E-state index contributed by atoms with van der Waals surface area (Å²) >= 11 is 3.55. The van der Waals surface area contributed by atoms with Crippen LogP contribution in [0.1, 0.15) is 30.4 Å². The standard InChI is InChI=1S/C15H18BrNO/c1-8-6-10(7-9(2)14(8)16)17-15(18)13-11-4-3-5-12(11)13/h6-7,11-13H,3-5H2,1-2H3,(H,17,18). The van der Waals surface area contributed by atoms with Crippen LogP contribution in [0, 0.1) is 31.6 Å². The predicted octanol–water partition coefficient (Wildman–Crippen LogP) is 4.05. The lowest BCUT2D eigenvalue weighted by Crippen LogP contribution is -2.16. The van der Waals surface area contributed by atoms with E-state index in [-0.39, 0.29) is 5.91 Å². The van der Waals surface area contributed by atoms with Crippen molar-refractivity contribution in [1.82, 2.24) is 0 Å². The second kappa shape index (κ2) is 4.37. The van der Waals surface area contributed by atoms with E-state index in [2.05, 4.69) is 35.1 Å². The van der Waals surface area contributed by atoms with Gasteiger partial charge in [0.1, 0.15) is 0 Å². The largest absolute Gasteiger partial charge is 0.326 e. The summed E-state index contributed by atoms with van der Waals surface area (Å²) in [7, 11) is 0. The number of carbonyl (C=O) groups excluding carboxylic acids is 1. The Bertz CT molecular complexity index is 478. The highest BCUT2D eigenvalue weighted by molar-refractivity contribution is 9.10. The average molecular weight is 308 g/mol. The molecule has 0 aliphatic heterocycles. The Morgan fingerprint density at radius 2 is 1.78 bits per heavy atom. The molecule has 2 aliphatic rings. The van der Waals surface area contributed by atoms with Crippen molar-refractivity contribution in [1.29, 1.82) is 0 Å². The van der Waals surface area contributed by atoms with Crippen LogP contribution in [0.25, 0.3) is 0 Å². The third-order valence-corrected chi connectivity index (χ3v) is 5.66. The van der Waals surface area contributed by atoms with Gasteiger partial charge in [-0.05, 0) is 61.8 Å². The summed E-state index contributed by atoms with van der Waals surface area (Å²) in [6, 6.07) is 4.07. The Morgan fingerprint density at radius 1 is 1.22 bits per heavy atom. The van der Waals surface area contributed by atoms with Gasteiger partial charge in [-0.25, -0.2) is 0 Å². The number of carbonyl (C=O) groups is 1. The summed E-state index contributed by atoms with van der Waals surface area (Å²) in [5.41, 5.74) is 3.27. The number of aryl methyl sites for hydroxylation is 2. The van der Waals surface area contributed by atoms with Gasteiger partial charge in [0.05, 0.1) is 0 Å². The van der Waals surface area contributed by atoms with Crippen LogP contribution in [-0.4, -0.2) is 5.91 Å². The maximum Gasteiger partial charge on any atom is 0.228 e. The van der Waals surface area contributed by atoms with Crippen LogP contribution in [0.15, 0.2) is 16.6 Å². The molecule has 2 nitrogen and oxygen atoms in total. The van der Waals surface area contributed by atoms with E-state index in [0.717, 1.165) is 10.2 Å². The molecule has 0 saturated heterocycles. The van der Waals surface area contributed by atoms with Crippen LogP contribution in [0.3, 0.4) is 0 Å². The third kappa shape index (κ3) is 1.99. The molecule has 3 heteroatoms. The molecule has 1 aromatic carbocycles. The van der Waals surface area contributed by atoms with Gasteiger partial charge in [-0.3, -0.25) is 4.79 Å². The smallest absolute Gasteiger partial charge is 0.228 e. The molecule has 1 N–H and O–H groups in total. The van der Waals surface area contributed by atoms with Gasteiger partial charge < -0.3 is 5.32 Å². The van der Waals surface area contributed by atoms with E-state index >= 15 is 0 Å². The maximum atomic E-state index is 12.2. The van der Waals surface area contributed by atoms with Gasteiger partial charge in [0.15, 0.2) is 0 Å². The Morgan fingerprint density at radius 3 is 2.33 bits per heavy atom. The summed E-state index contributed by atoms with van der Waals surface area (Å²) in [5, 5.41) is 3.08. The maximum absolute atomic E-state index is 12.2. The van der Waals surface area contributed by atoms with Gasteiger partial charge in [-0.1, -0.05) is 22.4 Å². The van der Waals surface area contributed by atoms with Crippen molar-refractivity contribution in [3.05, 3.63) is 27.7 Å². The fourth-order valence-corrected chi connectivity index (χ4v) is 3.68.